The van der Waals surface area contributed by atoms with Crippen molar-refractivity contribution in [3.8, 4) is 23.0 Å². The molecule has 2 aromatic heterocycles. The molecule has 0 aliphatic heterocycles. The van der Waals surface area contributed by atoms with Crippen LogP contribution >= 0.6 is 11.8 Å². The second-order valence-electron chi connectivity index (χ2n) is 6.34. The van der Waals surface area contributed by atoms with Gasteiger partial charge in [-0.15, -0.1) is 16.8 Å². The number of methoxy groups -OCH3 is 2. The number of hydrogen-bond acceptors (Lipinski definition) is 7. The highest BCUT2D eigenvalue weighted by atomic mass is 32.2. The van der Waals surface area contributed by atoms with Gasteiger partial charge in [0.15, 0.2) is 17.3 Å². The molecule has 152 valence electrons. The van der Waals surface area contributed by atoms with E-state index in [1.54, 1.807) is 26.4 Å². The maximum absolute atomic E-state index is 12.7. The van der Waals surface area contributed by atoms with Crippen LogP contribution in [0.4, 0.5) is 0 Å². The minimum atomic E-state index is 0.0179. The maximum atomic E-state index is 12.7. The topological polar surface area (TPSA) is 79.4 Å². The molecule has 3 rings (SSSR count). The number of rotatable bonds is 9. The van der Waals surface area contributed by atoms with E-state index in [0.717, 1.165) is 11.4 Å². The van der Waals surface area contributed by atoms with Crippen molar-refractivity contribution in [2.75, 3.05) is 20.0 Å². The third-order valence-electron chi connectivity index (χ3n) is 4.55. The molecular formula is C21H23N3O4S. The summed E-state index contributed by atoms with van der Waals surface area (Å²) in [4.78, 5) is 12.7. The smallest absolute Gasteiger partial charge is 0.277 e. The van der Waals surface area contributed by atoms with Crippen molar-refractivity contribution in [2.24, 2.45) is 0 Å². The molecule has 0 saturated carbocycles. The number of Topliss-reactive ketones (excluding diaryl/α,β-unsaturated/α-hetero) is 1. The van der Waals surface area contributed by atoms with Gasteiger partial charge in [0.1, 0.15) is 0 Å². The van der Waals surface area contributed by atoms with E-state index in [-0.39, 0.29) is 11.5 Å². The van der Waals surface area contributed by atoms with Crippen LogP contribution in [0.25, 0.3) is 11.5 Å². The van der Waals surface area contributed by atoms with Crippen LogP contribution < -0.4 is 9.47 Å². The highest BCUT2D eigenvalue weighted by Gasteiger charge is 2.18. The number of ether oxygens (including phenoxy) is 2. The standard InChI is InChI=1S/C21H23N3O4S/c1-6-9-24-13(2)10-16(14(24)3)17(25)12-29-21-23-22-20(28-21)15-7-8-18(26-4)19(11-15)27-5/h6-8,10-11H,1,9,12H2,2-5H3. The van der Waals surface area contributed by atoms with Crippen LogP contribution in [0.5, 0.6) is 11.5 Å². The molecule has 0 bridgehead atoms. The third-order valence-corrected chi connectivity index (χ3v) is 5.37. The van der Waals surface area contributed by atoms with Crippen LogP contribution in [-0.2, 0) is 6.54 Å². The highest BCUT2D eigenvalue weighted by Crippen LogP contribution is 2.32. The molecule has 29 heavy (non-hydrogen) atoms. The van der Waals surface area contributed by atoms with Gasteiger partial charge in [-0.2, -0.15) is 0 Å². The number of carbonyl (C=O) groups excluding carboxylic acids is 1. The molecule has 0 aliphatic carbocycles. The summed E-state index contributed by atoms with van der Waals surface area (Å²) >= 11 is 1.22. The average molecular weight is 413 g/mol. The summed E-state index contributed by atoms with van der Waals surface area (Å²) in [7, 11) is 3.14. The van der Waals surface area contributed by atoms with Crippen LogP contribution in [0, 0.1) is 13.8 Å². The number of nitrogens with zero attached hydrogens (tertiary/aromatic N) is 3. The summed E-state index contributed by atoms with van der Waals surface area (Å²) in [5.41, 5.74) is 3.38. The molecule has 8 heteroatoms. The summed E-state index contributed by atoms with van der Waals surface area (Å²) in [6.45, 7) is 8.36. The molecule has 0 unspecified atom stereocenters. The lowest BCUT2D eigenvalue weighted by Gasteiger charge is -2.07. The molecular weight excluding hydrogens is 390 g/mol. The first-order chi connectivity index (χ1) is 14.0. The first-order valence-corrected chi connectivity index (χ1v) is 9.96. The van der Waals surface area contributed by atoms with Crippen LogP contribution in [0.3, 0.4) is 0 Å². The quantitative estimate of drug-likeness (QED) is 0.293. The zero-order chi connectivity index (χ0) is 21.0. The second-order valence-corrected chi connectivity index (χ2v) is 7.27. The van der Waals surface area contributed by atoms with Gasteiger partial charge < -0.3 is 18.5 Å². The SMILES string of the molecule is C=CCn1c(C)cc(C(=O)CSc2nnc(-c3ccc(OC)c(OC)c3)o2)c1C. The van der Waals surface area contributed by atoms with E-state index in [1.807, 2.05) is 32.1 Å². The fraction of sp³-hybridized carbons (Fsp3) is 0.286. The van der Waals surface area contributed by atoms with Gasteiger partial charge in [-0.1, -0.05) is 17.8 Å². The molecule has 3 aromatic rings. The van der Waals surface area contributed by atoms with E-state index in [0.29, 0.717) is 40.3 Å². The minimum absolute atomic E-state index is 0.0179. The van der Waals surface area contributed by atoms with Crippen LogP contribution in [0.1, 0.15) is 21.7 Å². The monoisotopic (exact) mass is 413 g/mol. The average Bonchev–Trinajstić information content (AvgIpc) is 3.32. The number of aromatic nitrogens is 3. The van der Waals surface area contributed by atoms with Crippen molar-refractivity contribution < 1.29 is 18.7 Å². The second kappa shape index (κ2) is 9.00. The number of aryl methyl sites for hydroxylation is 1. The van der Waals surface area contributed by atoms with E-state index in [1.165, 1.54) is 11.8 Å². The Bertz CT molecular complexity index is 1040. The Labute approximate surface area is 173 Å². The Morgan fingerprint density at radius 2 is 1.97 bits per heavy atom. The molecule has 0 amide bonds. The lowest BCUT2D eigenvalue weighted by atomic mass is 10.2. The summed E-state index contributed by atoms with van der Waals surface area (Å²) < 4.78 is 18.3. The van der Waals surface area contributed by atoms with Crippen molar-refractivity contribution in [3.05, 3.63) is 53.9 Å². The summed E-state index contributed by atoms with van der Waals surface area (Å²) in [6.07, 6.45) is 1.82. The van der Waals surface area contributed by atoms with Gasteiger partial charge in [-0.3, -0.25) is 4.79 Å². The number of thioether (sulfide) groups is 1. The summed E-state index contributed by atoms with van der Waals surface area (Å²) in [5, 5.41) is 8.44. The zero-order valence-electron chi connectivity index (χ0n) is 16.9. The molecule has 1 aromatic carbocycles. The van der Waals surface area contributed by atoms with Crippen LogP contribution in [0.2, 0.25) is 0 Å². The Kier molecular flexibility index (Phi) is 6.43. The van der Waals surface area contributed by atoms with E-state index in [2.05, 4.69) is 21.3 Å². The Morgan fingerprint density at radius 3 is 2.66 bits per heavy atom. The molecule has 0 radical (unpaired) electrons. The molecule has 0 atom stereocenters. The predicted octanol–water partition coefficient (Wildman–Crippen LogP) is 4.33. The van der Waals surface area contributed by atoms with Crippen molar-refractivity contribution in [2.45, 2.75) is 25.6 Å². The Balaban J connectivity index is 1.70. The number of carbonyl (C=O) groups is 1. The molecule has 0 saturated heterocycles. The van der Waals surface area contributed by atoms with Gasteiger partial charge in [0.2, 0.25) is 5.89 Å². The molecule has 0 fully saturated rings. The Hall–Kier alpha value is -3.00. The van der Waals surface area contributed by atoms with Crippen molar-refractivity contribution >= 4 is 17.5 Å². The van der Waals surface area contributed by atoms with Crippen molar-refractivity contribution in [1.29, 1.82) is 0 Å². The van der Waals surface area contributed by atoms with Gasteiger partial charge in [-0.05, 0) is 38.1 Å². The zero-order valence-corrected chi connectivity index (χ0v) is 17.7. The largest absolute Gasteiger partial charge is 0.493 e. The first-order valence-electron chi connectivity index (χ1n) is 8.98. The number of benzene rings is 1. The van der Waals surface area contributed by atoms with Crippen LogP contribution in [0.15, 0.2) is 46.6 Å². The molecule has 2 heterocycles. The summed E-state index contributed by atoms with van der Waals surface area (Å²) in [6, 6.07) is 7.25. The van der Waals surface area contributed by atoms with Gasteiger partial charge in [0, 0.05) is 29.1 Å². The highest BCUT2D eigenvalue weighted by molar-refractivity contribution is 7.99. The van der Waals surface area contributed by atoms with E-state index in [4.69, 9.17) is 13.9 Å². The number of ketones is 1. The molecule has 0 aliphatic rings. The van der Waals surface area contributed by atoms with E-state index < -0.39 is 0 Å². The van der Waals surface area contributed by atoms with Gasteiger partial charge in [0.25, 0.3) is 5.22 Å². The molecule has 0 spiro atoms. The Morgan fingerprint density at radius 1 is 1.21 bits per heavy atom. The van der Waals surface area contributed by atoms with E-state index in [9.17, 15) is 4.79 Å². The lowest BCUT2D eigenvalue weighted by Crippen LogP contribution is -2.06. The maximum Gasteiger partial charge on any atom is 0.277 e. The van der Waals surface area contributed by atoms with E-state index >= 15 is 0 Å². The fourth-order valence-electron chi connectivity index (χ4n) is 3.05. The number of hydrogen-bond donors (Lipinski definition) is 0. The molecule has 7 nitrogen and oxygen atoms in total. The predicted molar refractivity (Wildman–Crippen MR) is 112 cm³/mol. The van der Waals surface area contributed by atoms with Gasteiger partial charge >= 0.3 is 0 Å². The summed E-state index contributed by atoms with van der Waals surface area (Å²) in [5.74, 6) is 1.77. The normalized spacial score (nSPS) is 10.8. The van der Waals surface area contributed by atoms with Crippen molar-refractivity contribution in [3.63, 3.8) is 0 Å². The van der Waals surface area contributed by atoms with Gasteiger partial charge in [0.05, 0.1) is 20.0 Å². The molecule has 0 N–H and O–H groups in total. The van der Waals surface area contributed by atoms with Gasteiger partial charge in [-0.25, -0.2) is 0 Å². The number of allylic oxidation sites excluding steroid dienone is 1. The van der Waals surface area contributed by atoms with Crippen molar-refractivity contribution in [1.82, 2.24) is 14.8 Å². The van der Waals surface area contributed by atoms with Crippen LogP contribution in [-0.4, -0.2) is 40.5 Å². The third kappa shape index (κ3) is 4.37. The lowest BCUT2D eigenvalue weighted by molar-refractivity contribution is 0.102. The first kappa shape index (κ1) is 20.7. The minimum Gasteiger partial charge on any atom is -0.493 e. The fourth-order valence-corrected chi connectivity index (χ4v) is 3.70.